The van der Waals surface area contributed by atoms with Gasteiger partial charge in [-0.15, -0.1) is 0 Å². The Kier molecular flexibility index (Phi) is 5.57. The highest BCUT2D eigenvalue weighted by Gasteiger charge is 2.34. The van der Waals surface area contributed by atoms with Gasteiger partial charge in [0.2, 0.25) is 0 Å². The molecular weight excluding hydrogens is 425 g/mol. The molecule has 5 nitrogen and oxygen atoms in total. The molecule has 0 radical (unpaired) electrons. The molecule has 0 bridgehead atoms. The SMILES string of the molecule is O=C(Oc1ccc(CCN2C(=O)c3ccccc3C2=O)cc1)c1ccc(Cl)cc1Cl. The Morgan fingerprint density at radius 2 is 1.50 bits per heavy atom. The predicted octanol–water partition coefficient (Wildman–Crippen LogP) is 5.05. The number of nitrogens with zero attached hydrogens (tertiary/aromatic N) is 1. The summed E-state index contributed by atoms with van der Waals surface area (Å²) in [5, 5.41) is 0.643. The lowest BCUT2D eigenvalue weighted by Gasteiger charge is -2.14. The van der Waals surface area contributed by atoms with Crippen LogP contribution in [0.15, 0.2) is 66.7 Å². The molecule has 30 heavy (non-hydrogen) atoms. The van der Waals surface area contributed by atoms with E-state index in [2.05, 4.69) is 0 Å². The molecule has 0 saturated carbocycles. The first-order valence-electron chi connectivity index (χ1n) is 9.15. The topological polar surface area (TPSA) is 63.7 Å². The molecule has 2 amide bonds. The number of rotatable bonds is 5. The fraction of sp³-hybridized carbons (Fsp3) is 0.0870. The average molecular weight is 440 g/mol. The highest BCUT2D eigenvalue weighted by molar-refractivity contribution is 6.36. The average Bonchev–Trinajstić information content (AvgIpc) is 2.98. The quantitative estimate of drug-likeness (QED) is 0.317. The van der Waals surface area contributed by atoms with Gasteiger partial charge < -0.3 is 4.74 Å². The fourth-order valence-electron chi connectivity index (χ4n) is 3.22. The molecule has 150 valence electrons. The van der Waals surface area contributed by atoms with Gasteiger partial charge in [-0.3, -0.25) is 14.5 Å². The van der Waals surface area contributed by atoms with Crippen LogP contribution in [0.4, 0.5) is 0 Å². The van der Waals surface area contributed by atoms with E-state index in [4.69, 9.17) is 27.9 Å². The van der Waals surface area contributed by atoms with Crippen molar-refractivity contribution < 1.29 is 19.1 Å². The van der Waals surface area contributed by atoms with Crippen molar-refractivity contribution in [3.05, 3.63) is 99.0 Å². The van der Waals surface area contributed by atoms with Gasteiger partial charge in [0, 0.05) is 11.6 Å². The summed E-state index contributed by atoms with van der Waals surface area (Å²) in [4.78, 5) is 38.4. The van der Waals surface area contributed by atoms with Crippen molar-refractivity contribution in [3.8, 4) is 5.75 Å². The van der Waals surface area contributed by atoms with Crippen molar-refractivity contribution in [3.63, 3.8) is 0 Å². The number of hydrogen-bond donors (Lipinski definition) is 0. The maximum atomic E-state index is 12.4. The number of amides is 2. The molecule has 3 aromatic rings. The second-order valence-corrected chi connectivity index (χ2v) is 7.56. The van der Waals surface area contributed by atoms with Crippen molar-refractivity contribution in [1.82, 2.24) is 4.90 Å². The highest BCUT2D eigenvalue weighted by atomic mass is 35.5. The molecule has 0 spiro atoms. The van der Waals surface area contributed by atoms with Gasteiger partial charge in [-0.25, -0.2) is 4.79 Å². The molecule has 1 aliphatic rings. The smallest absolute Gasteiger partial charge is 0.345 e. The van der Waals surface area contributed by atoms with E-state index in [1.54, 1.807) is 54.6 Å². The third kappa shape index (κ3) is 3.95. The second-order valence-electron chi connectivity index (χ2n) is 6.72. The van der Waals surface area contributed by atoms with Crippen molar-refractivity contribution in [1.29, 1.82) is 0 Å². The molecule has 0 fully saturated rings. The number of halogens is 2. The molecule has 7 heteroatoms. The van der Waals surface area contributed by atoms with E-state index in [0.717, 1.165) is 5.56 Å². The minimum atomic E-state index is -0.588. The van der Waals surface area contributed by atoms with Crippen molar-refractivity contribution >= 4 is 41.0 Å². The summed E-state index contributed by atoms with van der Waals surface area (Å²) in [6.45, 7) is 0.270. The molecule has 0 aromatic heterocycles. The second kappa shape index (κ2) is 8.30. The summed E-state index contributed by atoms with van der Waals surface area (Å²) in [7, 11) is 0. The minimum Gasteiger partial charge on any atom is -0.423 e. The lowest BCUT2D eigenvalue weighted by molar-refractivity contribution is 0.0654. The fourth-order valence-corrected chi connectivity index (χ4v) is 3.71. The predicted molar refractivity (Wildman–Crippen MR) is 113 cm³/mol. The number of benzene rings is 3. The first kappa shape index (κ1) is 20.1. The number of esters is 1. The summed E-state index contributed by atoms with van der Waals surface area (Å²) in [5.41, 5.74) is 1.99. The zero-order chi connectivity index (χ0) is 21.3. The van der Waals surface area contributed by atoms with Crippen LogP contribution in [0, 0.1) is 0 Å². The maximum Gasteiger partial charge on any atom is 0.345 e. The van der Waals surface area contributed by atoms with Crippen molar-refractivity contribution in [2.24, 2.45) is 0 Å². The van der Waals surface area contributed by atoms with Crippen LogP contribution in [0.5, 0.6) is 5.75 Å². The van der Waals surface area contributed by atoms with Gasteiger partial charge >= 0.3 is 5.97 Å². The third-order valence-electron chi connectivity index (χ3n) is 4.79. The van der Waals surface area contributed by atoms with Crippen LogP contribution < -0.4 is 4.74 Å². The normalized spacial score (nSPS) is 12.8. The minimum absolute atomic E-state index is 0.213. The van der Waals surface area contributed by atoms with Gasteiger partial charge in [-0.1, -0.05) is 47.5 Å². The number of hydrogen-bond acceptors (Lipinski definition) is 4. The molecule has 1 aliphatic heterocycles. The van der Waals surface area contributed by atoms with Crippen LogP contribution in [-0.2, 0) is 6.42 Å². The molecule has 0 unspecified atom stereocenters. The van der Waals surface area contributed by atoms with E-state index in [0.29, 0.717) is 28.3 Å². The largest absolute Gasteiger partial charge is 0.423 e. The maximum absolute atomic E-state index is 12.4. The van der Waals surface area contributed by atoms with Crippen LogP contribution in [0.2, 0.25) is 10.0 Å². The molecular formula is C23H15Cl2NO4. The van der Waals surface area contributed by atoms with E-state index >= 15 is 0 Å². The van der Waals surface area contributed by atoms with Crippen LogP contribution >= 0.6 is 23.2 Å². The number of imide groups is 1. The molecule has 0 saturated heterocycles. The summed E-state index contributed by atoms with van der Waals surface area (Å²) in [5.74, 6) is -0.784. The first-order valence-corrected chi connectivity index (χ1v) is 9.91. The summed E-state index contributed by atoms with van der Waals surface area (Å²) in [6, 6.07) is 18.2. The third-order valence-corrected chi connectivity index (χ3v) is 5.34. The standard InChI is InChI=1S/C23H15Cl2NO4/c24-15-7-10-19(20(25)13-15)23(29)30-16-8-5-14(6-9-16)11-12-26-21(27)17-3-1-2-4-18(17)22(26)28/h1-10,13H,11-12H2. The lowest BCUT2D eigenvalue weighted by atomic mass is 10.1. The first-order chi connectivity index (χ1) is 14.4. The number of ether oxygens (including phenoxy) is 1. The number of fused-ring (bicyclic) bond motifs is 1. The molecule has 4 rings (SSSR count). The van der Waals surface area contributed by atoms with E-state index in [-0.39, 0.29) is 28.9 Å². The zero-order valence-electron chi connectivity index (χ0n) is 15.6. The lowest BCUT2D eigenvalue weighted by Crippen LogP contribution is -2.31. The number of carbonyl (C=O) groups is 3. The van der Waals surface area contributed by atoms with Crippen molar-refractivity contribution in [2.75, 3.05) is 6.54 Å². The number of carbonyl (C=O) groups excluding carboxylic acids is 3. The Labute approximate surface area is 182 Å². The molecule has 1 heterocycles. The summed E-state index contributed by atoms with van der Waals surface area (Å²) in [6.07, 6.45) is 0.489. The van der Waals surface area contributed by atoms with Crippen molar-refractivity contribution in [2.45, 2.75) is 6.42 Å². The molecule has 0 atom stereocenters. The van der Waals surface area contributed by atoms with Gasteiger partial charge in [0.05, 0.1) is 21.7 Å². The monoisotopic (exact) mass is 439 g/mol. The Morgan fingerprint density at radius 1 is 0.867 bits per heavy atom. The van der Waals surface area contributed by atoms with E-state index in [1.165, 1.54) is 17.0 Å². The Bertz CT molecular complexity index is 1120. The van der Waals surface area contributed by atoms with Gasteiger partial charge in [-0.05, 0) is 54.4 Å². The molecule has 0 N–H and O–H groups in total. The Hall–Kier alpha value is -3.15. The van der Waals surface area contributed by atoms with Gasteiger partial charge in [0.1, 0.15) is 5.75 Å². The summed E-state index contributed by atoms with van der Waals surface area (Å²) < 4.78 is 5.35. The Morgan fingerprint density at radius 3 is 2.10 bits per heavy atom. The van der Waals surface area contributed by atoms with Gasteiger partial charge in [0.25, 0.3) is 11.8 Å². The molecule has 3 aromatic carbocycles. The highest BCUT2D eigenvalue weighted by Crippen LogP contribution is 2.24. The van der Waals surface area contributed by atoms with E-state index < -0.39 is 5.97 Å². The van der Waals surface area contributed by atoms with Gasteiger partial charge in [0.15, 0.2) is 0 Å². The van der Waals surface area contributed by atoms with Crippen LogP contribution in [0.25, 0.3) is 0 Å². The van der Waals surface area contributed by atoms with Crippen LogP contribution in [0.3, 0.4) is 0 Å². The molecule has 0 aliphatic carbocycles. The van der Waals surface area contributed by atoms with E-state index in [1.807, 2.05) is 0 Å². The van der Waals surface area contributed by atoms with Crippen LogP contribution in [-0.4, -0.2) is 29.2 Å². The van der Waals surface area contributed by atoms with E-state index in [9.17, 15) is 14.4 Å². The van der Waals surface area contributed by atoms with Crippen LogP contribution in [0.1, 0.15) is 36.6 Å². The Balaban J connectivity index is 1.38. The van der Waals surface area contributed by atoms with Gasteiger partial charge in [-0.2, -0.15) is 0 Å². The zero-order valence-corrected chi connectivity index (χ0v) is 17.1. The summed E-state index contributed by atoms with van der Waals surface area (Å²) >= 11 is 11.9.